The number of carbonyl (C=O) groups is 2. The lowest BCUT2D eigenvalue weighted by molar-refractivity contribution is -0.112. The Bertz CT molecular complexity index is 623. The van der Waals surface area contributed by atoms with Crippen LogP contribution in [0.25, 0.3) is 0 Å². The van der Waals surface area contributed by atoms with Crippen LogP contribution in [0.15, 0.2) is 17.7 Å². The standard InChI is InChI=1S/C19H29NO3S/c1-8-12(3)16(21)20-17-14(18(22)23-9-2)10-15(24-17)13(4)11-19(5,6)7/h8,10,13H,9,11H2,1-7H3,(H,20,21)/b12-8+/t13-/m0/s1. The number of hydrogen-bond donors (Lipinski definition) is 1. The Hall–Kier alpha value is -1.62. The van der Waals surface area contributed by atoms with Gasteiger partial charge in [-0.1, -0.05) is 33.8 Å². The van der Waals surface area contributed by atoms with E-state index in [-0.39, 0.29) is 11.3 Å². The summed E-state index contributed by atoms with van der Waals surface area (Å²) < 4.78 is 5.13. The lowest BCUT2D eigenvalue weighted by Gasteiger charge is -2.22. The highest BCUT2D eigenvalue weighted by molar-refractivity contribution is 7.16. The van der Waals surface area contributed by atoms with E-state index in [2.05, 4.69) is 33.0 Å². The van der Waals surface area contributed by atoms with Gasteiger partial charge in [0.15, 0.2) is 0 Å². The Kier molecular flexibility index (Phi) is 7.21. The first-order chi connectivity index (χ1) is 11.1. The van der Waals surface area contributed by atoms with Gasteiger partial charge in [0.25, 0.3) is 5.91 Å². The molecule has 0 fully saturated rings. The third-order valence-electron chi connectivity index (χ3n) is 3.67. The third-order valence-corrected chi connectivity index (χ3v) is 4.95. The number of ether oxygens (including phenoxy) is 1. The van der Waals surface area contributed by atoms with E-state index in [1.165, 1.54) is 11.3 Å². The molecule has 1 aromatic heterocycles. The van der Waals surface area contributed by atoms with Crippen molar-refractivity contribution in [2.75, 3.05) is 11.9 Å². The van der Waals surface area contributed by atoms with E-state index >= 15 is 0 Å². The SMILES string of the molecule is C/C=C(\C)C(=O)Nc1sc([C@@H](C)CC(C)(C)C)cc1C(=O)OCC. The molecule has 0 aromatic carbocycles. The van der Waals surface area contributed by atoms with Crippen molar-refractivity contribution in [2.24, 2.45) is 5.41 Å². The molecule has 0 radical (unpaired) electrons. The number of hydrogen-bond acceptors (Lipinski definition) is 4. The first-order valence-corrected chi connectivity index (χ1v) is 9.15. The van der Waals surface area contributed by atoms with E-state index < -0.39 is 5.97 Å². The monoisotopic (exact) mass is 351 g/mol. The van der Waals surface area contributed by atoms with E-state index in [9.17, 15) is 9.59 Å². The molecule has 0 aliphatic heterocycles. The highest BCUT2D eigenvalue weighted by Gasteiger charge is 2.24. The molecule has 1 amide bonds. The molecule has 0 bridgehead atoms. The number of allylic oxidation sites excluding steroid dienone is 1. The van der Waals surface area contributed by atoms with Gasteiger partial charge in [0.2, 0.25) is 0 Å². The van der Waals surface area contributed by atoms with Gasteiger partial charge in [-0.3, -0.25) is 4.79 Å². The predicted octanol–water partition coefficient (Wildman–Crippen LogP) is 5.37. The smallest absolute Gasteiger partial charge is 0.341 e. The van der Waals surface area contributed by atoms with Crippen LogP contribution >= 0.6 is 11.3 Å². The van der Waals surface area contributed by atoms with Crippen molar-refractivity contribution >= 4 is 28.2 Å². The van der Waals surface area contributed by atoms with Crippen molar-refractivity contribution < 1.29 is 14.3 Å². The van der Waals surface area contributed by atoms with Crippen LogP contribution in [-0.2, 0) is 9.53 Å². The van der Waals surface area contributed by atoms with Crippen molar-refractivity contribution in [1.82, 2.24) is 0 Å². The summed E-state index contributed by atoms with van der Waals surface area (Å²) in [6, 6.07) is 1.86. The normalized spacial score (nSPS) is 13.5. The maximum absolute atomic E-state index is 12.2. The zero-order valence-corrected chi connectivity index (χ0v) is 16.6. The molecule has 0 spiro atoms. The Morgan fingerprint density at radius 2 is 2.00 bits per heavy atom. The van der Waals surface area contributed by atoms with Gasteiger partial charge < -0.3 is 10.1 Å². The first-order valence-electron chi connectivity index (χ1n) is 8.34. The third kappa shape index (κ3) is 5.78. The Morgan fingerprint density at radius 1 is 1.38 bits per heavy atom. The van der Waals surface area contributed by atoms with Crippen LogP contribution in [0.4, 0.5) is 5.00 Å². The van der Waals surface area contributed by atoms with Crippen LogP contribution in [0.2, 0.25) is 0 Å². The minimum atomic E-state index is -0.392. The molecular weight excluding hydrogens is 322 g/mol. The summed E-state index contributed by atoms with van der Waals surface area (Å²) in [5.41, 5.74) is 1.25. The quantitative estimate of drug-likeness (QED) is 0.554. The predicted molar refractivity (Wildman–Crippen MR) is 101 cm³/mol. The summed E-state index contributed by atoms with van der Waals surface area (Å²) in [6.45, 7) is 14.4. The molecule has 1 atom stereocenters. The number of rotatable bonds is 6. The number of nitrogens with one attached hydrogen (secondary N) is 1. The second kappa shape index (κ2) is 8.47. The van der Waals surface area contributed by atoms with Crippen LogP contribution in [0, 0.1) is 5.41 Å². The fourth-order valence-corrected chi connectivity index (χ4v) is 3.55. The average Bonchev–Trinajstić information content (AvgIpc) is 2.89. The minimum Gasteiger partial charge on any atom is -0.462 e. The zero-order valence-electron chi connectivity index (χ0n) is 15.8. The summed E-state index contributed by atoms with van der Waals surface area (Å²) in [6.07, 6.45) is 2.74. The molecule has 5 heteroatoms. The van der Waals surface area contributed by atoms with E-state index in [1.54, 1.807) is 19.9 Å². The van der Waals surface area contributed by atoms with E-state index in [0.717, 1.165) is 11.3 Å². The van der Waals surface area contributed by atoms with E-state index in [4.69, 9.17) is 4.74 Å². The van der Waals surface area contributed by atoms with Crippen molar-refractivity contribution in [3.8, 4) is 0 Å². The fourth-order valence-electron chi connectivity index (χ4n) is 2.46. The van der Waals surface area contributed by atoms with Crippen LogP contribution in [0.3, 0.4) is 0 Å². The van der Waals surface area contributed by atoms with Crippen LogP contribution in [-0.4, -0.2) is 18.5 Å². The van der Waals surface area contributed by atoms with Gasteiger partial charge in [0.05, 0.1) is 12.2 Å². The summed E-state index contributed by atoms with van der Waals surface area (Å²) in [4.78, 5) is 25.5. The zero-order chi connectivity index (χ0) is 18.5. The van der Waals surface area contributed by atoms with Crippen LogP contribution in [0.1, 0.15) is 76.0 Å². The summed E-state index contributed by atoms with van der Waals surface area (Å²) in [7, 11) is 0. The summed E-state index contributed by atoms with van der Waals surface area (Å²) >= 11 is 1.46. The Morgan fingerprint density at radius 3 is 2.50 bits per heavy atom. The number of carbonyl (C=O) groups excluding carboxylic acids is 2. The van der Waals surface area contributed by atoms with Crippen molar-refractivity contribution in [3.05, 3.63) is 28.2 Å². The van der Waals surface area contributed by atoms with Crippen molar-refractivity contribution in [3.63, 3.8) is 0 Å². The summed E-state index contributed by atoms with van der Waals surface area (Å²) in [5, 5.41) is 3.41. The topological polar surface area (TPSA) is 55.4 Å². The lowest BCUT2D eigenvalue weighted by atomic mass is 9.85. The maximum Gasteiger partial charge on any atom is 0.341 e. The molecule has 1 heterocycles. The van der Waals surface area contributed by atoms with Crippen LogP contribution in [0.5, 0.6) is 0 Å². The summed E-state index contributed by atoms with van der Waals surface area (Å²) in [5.74, 6) is -0.284. The van der Waals surface area contributed by atoms with Gasteiger partial charge in [-0.15, -0.1) is 11.3 Å². The van der Waals surface area contributed by atoms with Crippen molar-refractivity contribution in [2.45, 2.75) is 60.8 Å². The second-order valence-corrected chi connectivity index (χ2v) is 8.29. The molecule has 1 rings (SSSR count). The largest absolute Gasteiger partial charge is 0.462 e. The van der Waals surface area contributed by atoms with Gasteiger partial charge in [-0.25, -0.2) is 4.79 Å². The average molecular weight is 352 g/mol. The van der Waals surface area contributed by atoms with E-state index in [0.29, 0.717) is 28.7 Å². The van der Waals surface area contributed by atoms with Gasteiger partial charge in [0, 0.05) is 10.5 Å². The molecule has 0 saturated heterocycles. The molecule has 134 valence electrons. The van der Waals surface area contributed by atoms with Gasteiger partial charge >= 0.3 is 5.97 Å². The van der Waals surface area contributed by atoms with Gasteiger partial charge in [-0.2, -0.15) is 0 Å². The molecule has 0 unspecified atom stereocenters. The molecule has 1 aromatic rings. The second-order valence-electron chi connectivity index (χ2n) is 7.20. The molecule has 0 aliphatic rings. The number of anilines is 1. The highest BCUT2D eigenvalue weighted by Crippen LogP contribution is 2.38. The number of esters is 1. The Labute approximate surface area is 149 Å². The molecular formula is C19H29NO3S. The minimum absolute atomic E-state index is 0.193. The fraction of sp³-hybridized carbons (Fsp3) is 0.579. The van der Waals surface area contributed by atoms with Gasteiger partial charge in [-0.05, 0) is 44.6 Å². The van der Waals surface area contributed by atoms with Crippen LogP contribution < -0.4 is 5.32 Å². The van der Waals surface area contributed by atoms with Crippen molar-refractivity contribution in [1.29, 1.82) is 0 Å². The molecule has 0 saturated carbocycles. The number of thiophene rings is 1. The number of amides is 1. The van der Waals surface area contributed by atoms with Gasteiger partial charge in [0.1, 0.15) is 5.00 Å². The molecule has 4 nitrogen and oxygen atoms in total. The molecule has 24 heavy (non-hydrogen) atoms. The maximum atomic E-state index is 12.2. The lowest BCUT2D eigenvalue weighted by Crippen LogP contribution is -2.14. The molecule has 1 N–H and O–H groups in total. The first kappa shape index (κ1) is 20.4. The Balaban J connectivity index is 3.15. The highest BCUT2D eigenvalue weighted by atomic mass is 32.1. The molecule has 0 aliphatic carbocycles. The van der Waals surface area contributed by atoms with E-state index in [1.807, 2.05) is 13.0 Å².